The number of carbonyl (C=O) groups excluding carboxylic acids is 1. The fraction of sp³-hybridized carbons (Fsp3) is 0.588. The molecule has 1 aliphatic heterocycles. The van der Waals surface area contributed by atoms with E-state index in [2.05, 4.69) is 44.3 Å². The summed E-state index contributed by atoms with van der Waals surface area (Å²) in [5.74, 6) is 0.710. The van der Waals surface area contributed by atoms with Gasteiger partial charge in [-0.05, 0) is 42.9 Å². The number of amides is 1. The lowest BCUT2D eigenvalue weighted by Crippen LogP contribution is -2.46. The molecule has 0 spiro atoms. The summed E-state index contributed by atoms with van der Waals surface area (Å²) in [5.41, 5.74) is 4.01. The molecule has 1 unspecified atom stereocenters. The summed E-state index contributed by atoms with van der Waals surface area (Å²) in [6, 6.07) is 6.62. The zero-order valence-corrected chi connectivity index (χ0v) is 12.9. The van der Waals surface area contributed by atoms with Crippen molar-refractivity contribution in [2.24, 2.45) is 5.92 Å². The van der Waals surface area contributed by atoms with Crippen molar-refractivity contribution in [1.29, 1.82) is 0 Å². The zero-order valence-electron chi connectivity index (χ0n) is 12.9. The summed E-state index contributed by atoms with van der Waals surface area (Å²) in [4.78, 5) is 14.2. The molecular formula is C17H26N2O. The average Bonchev–Trinajstić information content (AvgIpc) is 2.44. The number of nitrogens with zero attached hydrogens (tertiary/aromatic N) is 1. The van der Waals surface area contributed by atoms with Crippen LogP contribution in [0, 0.1) is 19.8 Å². The Morgan fingerprint density at radius 1 is 1.25 bits per heavy atom. The predicted molar refractivity (Wildman–Crippen MR) is 82.9 cm³/mol. The number of nitrogens with one attached hydrogen (secondary N) is 1. The number of aryl methyl sites for hydroxylation is 2. The van der Waals surface area contributed by atoms with Crippen molar-refractivity contribution in [2.75, 3.05) is 26.2 Å². The molecule has 1 saturated heterocycles. The van der Waals surface area contributed by atoms with E-state index in [1.807, 2.05) is 4.90 Å². The van der Waals surface area contributed by atoms with E-state index < -0.39 is 0 Å². The fourth-order valence-corrected chi connectivity index (χ4v) is 2.75. The first kappa shape index (κ1) is 15.0. The van der Waals surface area contributed by atoms with Crippen molar-refractivity contribution in [1.82, 2.24) is 10.2 Å². The van der Waals surface area contributed by atoms with Crippen molar-refractivity contribution in [3.05, 3.63) is 34.9 Å². The minimum absolute atomic E-state index is 0.308. The third-order valence-corrected chi connectivity index (χ3v) is 4.15. The minimum atomic E-state index is 0.308. The van der Waals surface area contributed by atoms with Crippen molar-refractivity contribution >= 4 is 5.91 Å². The highest BCUT2D eigenvalue weighted by Gasteiger charge is 2.18. The Hall–Kier alpha value is -1.35. The van der Waals surface area contributed by atoms with Crippen LogP contribution in [0.4, 0.5) is 0 Å². The first-order valence-electron chi connectivity index (χ1n) is 7.61. The lowest BCUT2D eigenvalue weighted by Gasteiger charge is -2.28. The molecule has 0 aliphatic carbocycles. The van der Waals surface area contributed by atoms with Gasteiger partial charge in [-0.1, -0.05) is 25.1 Å². The summed E-state index contributed by atoms with van der Waals surface area (Å²) in [5, 5.41) is 3.28. The Balaban J connectivity index is 1.86. The van der Waals surface area contributed by atoms with Crippen molar-refractivity contribution < 1.29 is 4.79 Å². The molecular weight excluding hydrogens is 248 g/mol. The lowest BCUT2D eigenvalue weighted by atomic mass is 9.95. The largest absolute Gasteiger partial charge is 0.340 e. The second-order valence-electron chi connectivity index (χ2n) is 6.06. The van der Waals surface area contributed by atoms with Gasteiger partial charge in [0, 0.05) is 32.6 Å². The molecule has 1 aliphatic rings. The first-order valence-corrected chi connectivity index (χ1v) is 7.61. The summed E-state index contributed by atoms with van der Waals surface area (Å²) in [6.45, 7) is 10.0. The van der Waals surface area contributed by atoms with E-state index in [4.69, 9.17) is 0 Å². The first-order chi connectivity index (χ1) is 9.56. The number of hydrogen-bond acceptors (Lipinski definition) is 2. The van der Waals surface area contributed by atoms with Crippen LogP contribution in [0.25, 0.3) is 0 Å². The van der Waals surface area contributed by atoms with Crippen LogP contribution in [0.5, 0.6) is 0 Å². The van der Waals surface area contributed by atoms with Crippen LogP contribution in [-0.4, -0.2) is 37.0 Å². The van der Waals surface area contributed by atoms with E-state index in [1.54, 1.807) is 0 Å². The lowest BCUT2D eigenvalue weighted by molar-refractivity contribution is -0.132. The van der Waals surface area contributed by atoms with Gasteiger partial charge in [-0.25, -0.2) is 0 Å². The smallest absolute Gasteiger partial charge is 0.222 e. The third-order valence-electron chi connectivity index (χ3n) is 4.15. The van der Waals surface area contributed by atoms with E-state index >= 15 is 0 Å². The molecule has 1 N–H and O–H groups in total. The van der Waals surface area contributed by atoms with Gasteiger partial charge in [-0.2, -0.15) is 0 Å². The van der Waals surface area contributed by atoms with Gasteiger partial charge in [0.25, 0.3) is 0 Å². The molecule has 2 rings (SSSR count). The van der Waals surface area contributed by atoms with Crippen molar-refractivity contribution in [3.8, 4) is 0 Å². The van der Waals surface area contributed by atoms with Gasteiger partial charge in [0.1, 0.15) is 0 Å². The SMILES string of the molecule is Cc1ccc(CC(C)CC(=O)N2CCNCC2)cc1C. The van der Waals surface area contributed by atoms with Crippen LogP contribution in [0.3, 0.4) is 0 Å². The third kappa shape index (κ3) is 4.07. The fourth-order valence-electron chi connectivity index (χ4n) is 2.75. The van der Waals surface area contributed by atoms with Gasteiger partial charge < -0.3 is 10.2 Å². The molecule has 1 atom stereocenters. The van der Waals surface area contributed by atoms with Crippen molar-refractivity contribution in [3.63, 3.8) is 0 Å². The molecule has 110 valence electrons. The standard InChI is InChI=1S/C17H26N2O/c1-13(10-16-5-4-14(2)15(3)12-16)11-17(20)19-8-6-18-7-9-19/h4-5,12-13,18H,6-11H2,1-3H3. The Bertz CT molecular complexity index is 464. The average molecular weight is 274 g/mol. The molecule has 1 fully saturated rings. The predicted octanol–water partition coefficient (Wildman–Crippen LogP) is 2.30. The van der Waals surface area contributed by atoms with Gasteiger partial charge >= 0.3 is 0 Å². The van der Waals surface area contributed by atoms with Crippen LogP contribution >= 0.6 is 0 Å². The molecule has 1 aromatic carbocycles. The van der Waals surface area contributed by atoms with Gasteiger partial charge in [0.2, 0.25) is 5.91 Å². The topological polar surface area (TPSA) is 32.3 Å². The monoisotopic (exact) mass is 274 g/mol. The van der Waals surface area contributed by atoms with E-state index in [-0.39, 0.29) is 0 Å². The normalized spacial score (nSPS) is 17.1. The van der Waals surface area contributed by atoms with Crippen LogP contribution in [-0.2, 0) is 11.2 Å². The van der Waals surface area contributed by atoms with E-state index in [9.17, 15) is 4.79 Å². The van der Waals surface area contributed by atoms with Gasteiger partial charge in [-0.3, -0.25) is 4.79 Å². The van der Waals surface area contributed by atoms with Gasteiger partial charge in [0.05, 0.1) is 0 Å². The second-order valence-corrected chi connectivity index (χ2v) is 6.06. The maximum atomic E-state index is 12.2. The number of piperazine rings is 1. The highest BCUT2D eigenvalue weighted by atomic mass is 16.2. The quantitative estimate of drug-likeness (QED) is 0.914. The van der Waals surface area contributed by atoms with Crippen LogP contribution < -0.4 is 5.32 Å². The van der Waals surface area contributed by atoms with Crippen LogP contribution in [0.15, 0.2) is 18.2 Å². The molecule has 20 heavy (non-hydrogen) atoms. The van der Waals surface area contributed by atoms with E-state index in [0.29, 0.717) is 18.2 Å². The number of hydrogen-bond donors (Lipinski definition) is 1. The van der Waals surface area contributed by atoms with Gasteiger partial charge in [0.15, 0.2) is 0 Å². The van der Waals surface area contributed by atoms with Crippen molar-refractivity contribution in [2.45, 2.75) is 33.6 Å². The van der Waals surface area contributed by atoms with Crippen LogP contribution in [0.1, 0.15) is 30.0 Å². The maximum Gasteiger partial charge on any atom is 0.222 e. The molecule has 0 bridgehead atoms. The molecule has 1 aromatic rings. The van der Waals surface area contributed by atoms with Crippen LogP contribution in [0.2, 0.25) is 0 Å². The van der Waals surface area contributed by atoms with E-state index in [0.717, 1.165) is 32.6 Å². The summed E-state index contributed by atoms with van der Waals surface area (Å²) in [6.07, 6.45) is 1.64. The molecule has 0 saturated carbocycles. The highest BCUT2D eigenvalue weighted by molar-refractivity contribution is 5.76. The molecule has 3 nitrogen and oxygen atoms in total. The number of benzene rings is 1. The molecule has 0 aromatic heterocycles. The minimum Gasteiger partial charge on any atom is -0.340 e. The summed E-state index contributed by atoms with van der Waals surface area (Å²) in [7, 11) is 0. The number of rotatable bonds is 4. The summed E-state index contributed by atoms with van der Waals surface area (Å²) >= 11 is 0. The Labute approximate surface area is 122 Å². The number of carbonyl (C=O) groups is 1. The molecule has 1 amide bonds. The van der Waals surface area contributed by atoms with Gasteiger partial charge in [-0.15, -0.1) is 0 Å². The highest BCUT2D eigenvalue weighted by Crippen LogP contribution is 2.16. The molecule has 3 heteroatoms. The second kappa shape index (κ2) is 6.89. The summed E-state index contributed by atoms with van der Waals surface area (Å²) < 4.78 is 0. The molecule has 1 heterocycles. The molecule has 0 radical (unpaired) electrons. The maximum absolute atomic E-state index is 12.2. The Morgan fingerprint density at radius 3 is 2.60 bits per heavy atom. The Morgan fingerprint density at radius 2 is 1.95 bits per heavy atom. The Kier molecular flexibility index (Phi) is 5.18. The van der Waals surface area contributed by atoms with E-state index in [1.165, 1.54) is 16.7 Å². The zero-order chi connectivity index (χ0) is 14.5.